The number of para-hydroxylation sites is 1. The molecule has 22 heavy (non-hydrogen) atoms. The maximum absolute atomic E-state index is 12.3. The third kappa shape index (κ3) is 2.39. The average Bonchev–Trinajstić information content (AvgIpc) is 3.14. The van der Waals surface area contributed by atoms with E-state index in [4.69, 9.17) is 0 Å². The van der Waals surface area contributed by atoms with E-state index in [0.29, 0.717) is 6.42 Å². The molecule has 2 aromatic heterocycles. The highest BCUT2D eigenvalue weighted by Gasteiger charge is 2.20. The molecule has 0 fully saturated rings. The minimum atomic E-state index is 0.0818. The molecule has 5 heteroatoms. The molecule has 0 radical (unpaired) electrons. The first-order chi connectivity index (χ1) is 10.8. The van der Waals surface area contributed by atoms with Gasteiger partial charge >= 0.3 is 0 Å². The molecule has 5 nitrogen and oxygen atoms in total. The highest BCUT2D eigenvalue weighted by Crippen LogP contribution is 2.18. The molecule has 0 saturated carbocycles. The van der Waals surface area contributed by atoms with Crippen molar-refractivity contribution in [2.45, 2.75) is 31.8 Å². The molecular weight excluding hydrogens is 276 g/mol. The topological polar surface area (TPSA) is 62.7 Å². The number of aryl methyl sites for hydroxylation is 1. The van der Waals surface area contributed by atoms with Crippen LogP contribution in [0.15, 0.2) is 42.9 Å². The highest BCUT2D eigenvalue weighted by atomic mass is 16.1. The molecular formula is C17H18N4O. The SMILES string of the molecule is O=C(Cc1c[nH]c2ccccc12)NC1CCc2nccn2C1. The highest BCUT2D eigenvalue weighted by molar-refractivity contribution is 5.88. The summed E-state index contributed by atoms with van der Waals surface area (Å²) in [6, 6.07) is 8.26. The van der Waals surface area contributed by atoms with Crippen LogP contribution in [-0.4, -0.2) is 26.5 Å². The van der Waals surface area contributed by atoms with Gasteiger partial charge in [-0.1, -0.05) is 18.2 Å². The van der Waals surface area contributed by atoms with Gasteiger partial charge < -0.3 is 14.9 Å². The van der Waals surface area contributed by atoms with Crippen molar-refractivity contribution in [3.63, 3.8) is 0 Å². The van der Waals surface area contributed by atoms with Crippen LogP contribution in [-0.2, 0) is 24.2 Å². The van der Waals surface area contributed by atoms with Gasteiger partial charge in [-0.05, 0) is 18.1 Å². The first-order valence-corrected chi connectivity index (χ1v) is 7.64. The quantitative estimate of drug-likeness (QED) is 0.776. The number of hydrogen-bond acceptors (Lipinski definition) is 2. The normalized spacial score (nSPS) is 17.4. The van der Waals surface area contributed by atoms with Gasteiger partial charge in [-0.25, -0.2) is 4.98 Å². The van der Waals surface area contributed by atoms with Gasteiger partial charge in [-0.3, -0.25) is 4.79 Å². The minimum Gasteiger partial charge on any atom is -0.361 e. The predicted octanol–water partition coefficient (Wildman–Crippen LogP) is 2.04. The van der Waals surface area contributed by atoms with Crippen molar-refractivity contribution in [3.8, 4) is 0 Å². The summed E-state index contributed by atoms with van der Waals surface area (Å²) >= 11 is 0. The van der Waals surface area contributed by atoms with Crippen molar-refractivity contribution >= 4 is 16.8 Å². The Balaban J connectivity index is 1.43. The molecule has 2 N–H and O–H groups in total. The molecule has 1 unspecified atom stereocenters. The summed E-state index contributed by atoms with van der Waals surface area (Å²) in [6.45, 7) is 0.814. The molecule has 1 aromatic carbocycles. The summed E-state index contributed by atoms with van der Waals surface area (Å²) in [7, 11) is 0. The van der Waals surface area contributed by atoms with Crippen molar-refractivity contribution in [1.82, 2.24) is 19.9 Å². The van der Waals surface area contributed by atoms with E-state index in [1.54, 1.807) is 0 Å². The number of aromatic amines is 1. The Kier molecular flexibility index (Phi) is 3.18. The van der Waals surface area contributed by atoms with Crippen LogP contribution in [0.2, 0.25) is 0 Å². The van der Waals surface area contributed by atoms with E-state index in [2.05, 4.69) is 19.9 Å². The number of rotatable bonds is 3. The third-order valence-electron chi connectivity index (χ3n) is 4.33. The molecule has 3 heterocycles. The number of aromatic nitrogens is 3. The van der Waals surface area contributed by atoms with Crippen molar-refractivity contribution in [2.24, 2.45) is 0 Å². The standard InChI is InChI=1S/C17H18N4O/c22-17(9-12-10-19-15-4-2-1-3-14(12)15)20-13-5-6-16-18-7-8-21(16)11-13/h1-4,7-8,10,13,19H,5-6,9,11H2,(H,20,22). The molecule has 3 aromatic rings. The van der Waals surface area contributed by atoms with Crippen molar-refractivity contribution in [2.75, 3.05) is 0 Å². The lowest BCUT2D eigenvalue weighted by Crippen LogP contribution is -2.41. The van der Waals surface area contributed by atoms with Crippen molar-refractivity contribution in [1.29, 1.82) is 0 Å². The number of imidazole rings is 1. The lowest BCUT2D eigenvalue weighted by Gasteiger charge is -2.24. The molecule has 1 aliphatic heterocycles. The number of carbonyl (C=O) groups is 1. The van der Waals surface area contributed by atoms with Gasteiger partial charge in [0.15, 0.2) is 0 Å². The minimum absolute atomic E-state index is 0.0818. The van der Waals surface area contributed by atoms with E-state index in [0.717, 1.165) is 41.7 Å². The van der Waals surface area contributed by atoms with Crippen molar-refractivity contribution < 1.29 is 4.79 Å². The Morgan fingerprint density at radius 1 is 1.41 bits per heavy atom. The molecule has 4 rings (SSSR count). The van der Waals surface area contributed by atoms with Crippen LogP contribution < -0.4 is 5.32 Å². The summed E-state index contributed by atoms with van der Waals surface area (Å²) < 4.78 is 2.13. The smallest absolute Gasteiger partial charge is 0.224 e. The predicted molar refractivity (Wildman–Crippen MR) is 84.5 cm³/mol. The van der Waals surface area contributed by atoms with Gasteiger partial charge in [0, 0.05) is 48.5 Å². The number of amides is 1. The lowest BCUT2D eigenvalue weighted by atomic mass is 10.1. The monoisotopic (exact) mass is 294 g/mol. The second kappa shape index (κ2) is 5.33. The number of carbonyl (C=O) groups excluding carboxylic acids is 1. The summed E-state index contributed by atoms with van der Waals surface area (Å²) in [4.78, 5) is 19.8. The van der Waals surface area contributed by atoms with Gasteiger partial charge in [0.2, 0.25) is 5.91 Å². The first kappa shape index (κ1) is 13.1. The number of hydrogen-bond donors (Lipinski definition) is 2. The number of fused-ring (bicyclic) bond motifs is 2. The number of H-pyrrole nitrogens is 1. The Labute approximate surface area is 128 Å². The Morgan fingerprint density at radius 2 is 2.32 bits per heavy atom. The van der Waals surface area contributed by atoms with Gasteiger partial charge in [0.25, 0.3) is 0 Å². The number of benzene rings is 1. The van der Waals surface area contributed by atoms with E-state index in [9.17, 15) is 4.79 Å². The largest absolute Gasteiger partial charge is 0.361 e. The van der Waals surface area contributed by atoms with Crippen LogP contribution >= 0.6 is 0 Å². The van der Waals surface area contributed by atoms with Crippen LogP contribution in [0.1, 0.15) is 17.8 Å². The zero-order valence-electron chi connectivity index (χ0n) is 12.2. The molecule has 0 bridgehead atoms. The number of nitrogens with zero attached hydrogens (tertiary/aromatic N) is 2. The van der Waals surface area contributed by atoms with E-state index in [1.807, 2.05) is 42.9 Å². The van der Waals surface area contributed by atoms with Crippen LogP contribution in [0.5, 0.6) is 0 Å². The number of nitrogens with one attached hydrogen (secondary N) is 2. The molecule has 0 aliphatic carbocycles. The Morgan fingerprint density at radius 3 is 3.27 bits per heavy atom. The summed E-state index contributed by atoms with van der Waals surface area (Å²) in [5.41, 5.74) is 2.12. The van der Waals surface area contributed by atoms with Gasteiger partial charge in [-0.2, -0.15) is 0 Å². The first-order valence-electron chi connectivity index (χ1n) is 7.64. The van der Waals surface area contributed by atoms with E-state index < -0.39 is 0 Å². The molecule has 1 aliphatic rings. The lowest BCUT2D eigenvalue weighted by molar-refractivity contribution is -0.121. The van der Waals surface area contributed by atoms with Gasteiger partial charge in [0.1, 0.15) is 5.82 Å². The zero-order valence-corrected chi connectivity index (χ0v) is 12.2. The summed E-state index contributed by atoms with van der Waals surface area (Å²) in [5.74, 6) is 1.19. The Bertz CT molecular complexity index is 817. The summed E-state index contributed by atoms with van der Waals surface area (Å²) in [6.07, 6.45) is 8.02. The molecule has 1 atom stereocenters. The van der Waals surface area contributed by atoms with Gasteiger partial charge in [-0.15, -0.1) is 0 Å². The fourth-order valence-corrected chi connectivity index (χ4v) is 3.21. The zero-order chi connectivity index (χ0) is 14.9. The second-order valence-electron chi connectivity index (χ2n) is 5.84. The maximum atomic E-state index is 12.3. The maximum Gasteiger partial charge on any atom is 0.224 e. The molecule has 0 saturated heterocycles. The van der Waals surface area contributed by atoms with Crippen LogP contribution in [0.3, 0.4) is 0 Å². The van der Waals surface area contributed by atoms with Crippen LogP contribution in [0.4, 0.5) is 0 Å². The Hall–Kier alpha value is -2.56. The summed E-state index contributed by atoms with van der Waals surface area (Å²) in [5, 5.41) is 4.27. The molecule has 1 amide bonds. The third-order valence-corrected chi connectivity index (χ3v) is 4.33. The van der Waals surface area contributed by atoms with E-state index >= 15 is 0 Å². The van der Waals surface area contributed by atoms with E-state index in [-0.39, 0.29) is 11.9 Å². The van der Waals surface area contributed by atoms with Crippen molar-refractivity contribution in [3.05, 3.63) is 54.2 Å². The fraction of sp³-hybridized carbons (Fsp3) is 0.294. The molecule has 0 spiro atoms. The second-order valence-corrected chi connectivity index (χ2v) is 5.84. The fourth-order valence-electron chi connectivity index (χ4n) is 3.21. The van der Waals surface area contributed by atoms with Crippen LogP contribution in [0.25, 0.3) is 10.9 Å². The average molecular weight is 294 g/mol. The van der Waals surface area contributed by atoms with E-state index in [1.165, 1.54) is 0 Å². The van der Waals surface area contributed by atoms with Crippen LogP contribution in [0, 0.1) is 0 Å². The van der Waals surface area contributed by atoms with Gasteiger partial charge in [0.05, 0.1) is 6.42 Å². The molecule has 112 valence electrons.